The summed E-state index contributed by atoms with van der Waals surface area (Å²) in [5.74, 6) is 0.863. The number of ether oxygens (including phenoxy) is 3. The third kappa shape index (κ3) is 8.70. The van der Waals surface area contributed by atoms with E-state index in [9.17, 15) is 0 Å². The van der Waals surface area contributed by atoms with Crippen LogP contribution < -0.4 is 4.74 Å². The molecule has 0 N–H and O–H groups in total. The summed E-state index contributed by atoms with van der Waals surface area (Å²) < 4.78 is 16.6. The number of hydrogen-bond donors (Lipinski definition) is 0. The van der Waals surface area contributed by atoms with Crippen molar-refractivity contribution in [3.63, 3.8) is 0 Å². The summed E-state index contributed by atoms with van der Waals surface area (Å²) in [7, 11) is 3.29. The van der Waals surface area contributed by atoms with E-state index in [1.165, 1.54) is 57.8 Å². The average molecular weight is 337 g/mol. The maximum Gasteiger partial charge on any atom is 0.186 e. The van der Waals surface area contributed by atoms with Gasteiger partial charge in [-0.2, -0.15) is 0 Å². The summed E-state index contributed by atoms with van der Waals surface area (Å²) in [4.78, 5) is 0. The van der Waals surface area contributed by atoms with Crippen molar-refractivity contribution in [2.45, 2.75) is 77.4 Å². The third-order valence-electron chi connectivity index (χ3n) is 4.36. The van der Waals surface area contributed by atoms with Crippen molar-refractivity contribution >= 4 is 0 Å². The van der Waals surface area contributed by atoms with Crippen LogP contribution in [0.5, 0.6) is 5.75 Å². The van der Waals surface area contributed by atoms with E-state index in [0.29, 0.717) is 0 Å². The van der Waals surface area contributed by atoms with Crippen molar-refractivity contribution < 1.29 is 14.2 Å². The van der Waals surface area contributed by atoms with Gasteiger partial charge in [-0.15, -0.1) is 0 Å². The lowest BCUT2D eigenvalue weighted by molar-refractivity contribution is -0.107. The molecule has 0 fully saturated rings. The Bertz CT molecular complexity index is 402. The number of unbranched alkanes of at least 4 members (excludes halogenated alkanes) is 9. The van der Waals surface area contributed by atoms with Gasteiger partial charge in [0.25, 0.3) is 0 Å². The Kier molecular flexibility index (Phi) is 12.5. The van der Waals surface area contributed by atoms with Crippen LogP contribution in [0.1, 0.15) is 83.0 Å². The molecule has 0 aliphatic carbocycles. The van der Waals surface area contributed by atoms with E-state index in [2.05, 4.69) is 6.92 Å². The summed E-state index contributed by atoms with van der Waals surface area (Å²) in [6, 6.07) is 7.94. The van der Waals surface area contributed by atoms with Gasteiger partial charge in [-0.3, -0.25) is 0 Å². The van der Waals surface area contributed by atoms with Gasteiger partial charge < -0.3 is 14.2 Å². The van der Waals surface area contributed by atoms with Crippen LogP contribution in [-0.4, -0.2) is 20.8 Å². The molecule has 0 unspecified atom stereocenters. The van der Waals surface area contributed by atoms with Crippen molar-refractivity contribution in [1.82, 2.24) is 0 Å². The van der Waals surface area contributed by atoms with Gasteiger partial charge in [0.05, 0.1) is 6.61 Å². The molecule has 0 heterocycles. The minimum absolute atomic E-state index is 0.367. The first kappa shape index (κ1) is 21.0. The van der Waals surface area contributed by atoms with Gasteiger partial charge in [0, 0.05) is 19.8 Å². The van der Waals surface area contributed by atoms with E-state index >= 15 is 0 Å². The fraction of sp³-hybridized carbons (Fsp3) is 0.714. The number of rotatable bonds is 15. The molecule has 0 aromatic heterocycles. The molecule has 0 amide bonds. The van der Waals surface area contributed by atoms with Crippen molar-refractivity contribution in [1.29, 1.82) is 0 Å². The van der Waals surface area contributed by atoms with Crippen molar-refractivity contribution in [2.24, 2.45) is 0 Å². The monoisotopic (exact) mass is 336 g/mol. The molecule has 0 saturated heterocycles. The maximum absolute atomic E-state index is 5.93. The highest BCUT2D eigenvalue weighted by Gasteiger charge is 2.14. The molecule has 3 heteroatoms. The molecule has 0 saturated carbocycles. The highest BCUT2D eigenvalue weighted by Crippen LogP contribution is 2.27. The minimum Gasteiger partial charge on any atom is -0.493 e. The first-order chi connectivity index (χ1) is 11.8. The van der Waals surface area contributed by atoms with Crippen LogP contribution in [0.15, 0.2) is 24.3 Å². The van der Waals surface area contributed by atoms with E-state index in [0.717, 1.165) is 24.3 Å². The number of methoxy groups -OCH3 is 2. The molecule has 0 spiro atoms. The first-order valence-corrected chi connectivity index (χ1v) is 9.60. The van der Waals surface area contributed by atoms with E-state index < -0.39 is 0 Å². The Hall–Kier alpha value is -1.06. The Morgan fingerprint density at radius 3 is 1.88 bits per heavy atom. The fourth-order valence-electron chi connectivity index (χ4n) is 2.93. The van der Waals surface area contributed by atoms with Gasteiger partial charge in [-0.1, -0.05) is 82.9 Å². The summed E-state index contributed by atoms with van der Waals surface area (Å²) in [6.07, 6.45) is 13.0. The molecule has 0 aliphatic rings. The Labute approximate surface area is 148 Å². The van der Waals surface area contributed by atoms with E-state index in [1.54, 1.807) is 14.2 Å². The van der Waals surface area contributed by atoms with E-state index in [4.69, 9.17) is 14.2 Å². The van der Waals surface area contributed by atoms with Crippen LogP contribution >= 0.6 is 0 Å². The first-order valence-electron chi connectivity index (χ1n) is 9.60. The predicted octanol–water partition coefficient (Wildman–Crippen LogP) is 6.28. The number of hydrogen-bond acceptors (Lipinski definition) is 3. The van der Waals surface area contributed by atoms with Gasteiger partial charge >= 0.3 is 0 Å². The molecule has 24 heavy (non-hydrogen) atoms. The number of benzene rings is 1. The lowest BCUT2D eigenvalue weighted by atomic mass is 10.1. The Morgan fingerprint density at radius 2 is 1.29 bits per heavy atom. The van der Waals surface area contributed by atoms with Crippen LogP contribution in [0.2, 0.25) is 0 Å². The largest absolute Gasteiger partial charge is 0.493 e. The van der Waals surface area contributed by atoms with Crippen molar-refractivity contribution in [2.75, 3.05) is 20.8 Å². The molecule has 0 bridgehead atoms. The molecule has 0 atom stereocenters. The van der Waals surface area contributed by atoms with Crippen molar-refractivity contribution in [3.05, 3.63) is 29.8 Å². The van der Waals surface area contributed by atoms with Crippen LogP contribution in [0.3, 0.4) is 0 Å². The highest BCUT2D eigenvalue weighted by atomic mass is 16.7. The summed E-state index contributed by atoms with van der Waals surface area (Å²) >= 11 is 0. The van der Waals surface area contributed by atoms with Crippen LogP contribution in [-0.2, 0) is 9.47 Å². The standard InChI is InChI=1S/C21H36O3/c1-4-5-6-7-8-9-10-11-12-15-18-24-20-17-14-13-16-19(20)21(22-2)23-3/h13-14,16-17,21H,4-12,15,18H2,1-3H3. The maximum atomic E-state index is 5.93. The quantitative estimate of drug-likeness (QED) is 0.279. The van der Waals surface area contributed by atoms with Gasteiger partial charge in [-0.25, -0.2) is 0 Å². The molecule has 1 aromatic rings. The molecule has 0 aliphatic heterocycles. The molecule has 1 aromatic carbocycles. The van der Waals surface area contributed by atoms with E-state index in [-0.39, 0.29) is 6.29 Å². The molecule has 1 rings (SSSR count). The highest BCUT2D eigenvalue weighted by molar-refractivity contribution is 5.34. The molecular formula is C21H36O3. The van der Waals surface area contributed by atoms with Crippen LogP contribution in [0.25, 0.3) is 0 Å². The van der Waals surface area contributed by atoms with E-state index in [1.807, 2.05) is 24.3 Å². The second-order valence-electron chi connectivity index (χ2n) is 6.37. The van der Waals surface area contributed by atoms with Crippen LogP contribution in [0, 0.1) is 0 Å². The Balaban J connectivity index is 2.11. The van der Waals surface area contributed by atoms with Gasteiger partial charge in [-0.05, 0) is 12.5 Å². The summed E-state index contributed by atoms with van der Waals surface area (Å²) in [5, 5.41) is 0. The average Bonchev–Trinajstić information content (AvgIpc) is 2.62. The smallest absolute Gasteiger partial charge is 0.186 e. The van der Waals surface area contributed by atoms with Crippen molar-refractivity contribution in [3.8, 4) is 5.75 Å². The lowest BCUT2D eigenvalue weighted by Crippen LogP contribution is -2.07. The SMILES string of the molecule is CCCCCCCCCCCCOc1ccccc1C(OC)OC. The number of para-hydroxylation sites is 1. The van der Waals surface area contributed by atoms with Gasteiger partial charge in [0.1, 0.15) is 5.75 Å². The van der Waals surface area contributed by atoms with Crippen LogP contribution in [0.4, 0.5) is 0 Å². The second kappa shape index (κ2) is 14.3. The fourth-order valence-corrected chi connectivity index (χ4v) is 2.93. The molecular weight excluding hydrogens is 300 g/mol. The summed E-state index contributed by atoms with van der Waals surface area (Å²) in [6.45, 7) is 3.03. The zero-order valence-corrected chi connectivity index (χ0v) is 15.9. The van der Waals surface area contributed by atoms with Gasteiger partial charge in [0.15, 0.2) is 6.29 Å². The zero-order chi connectivity index (χ0) is 17.5. The normalized spacial score (nSPS) is 11.2. The summed E-state index contributed by atoms with van der Waals surface area (Å²) in [5.41, 5.74) is 0.953. The third-order valence-corrected chi connectivity index (χ3v) is 4.36. The topological polar surface area (TPSA) is 27.7 Å². The molecule has 138 valence electrons. The minimum atomic E-state index is -0.367. The Morgan fingerprint density at radius 1 is 0.750 bits per heavy atom. The van der Waals surface area contributed by atoms with Gasteiger partial charge in [0.2, 0.25) is 0 Å². The molecule has 0 radical (unpaired) electrons. The molecule has 3 nitrogen and oxygen atoms in total. The zero-order valence-electron chi connectivity index (χ0n) is 15.9. The predicted molar refractivity (Wildman–Crippen MR) is 101 cm³/mol. The lowest BCUT2D eigenvalue weighted by Gasteiger charge is -2.17. The second-order valence-corrected chi connectivity index (χ2v) is 6.37.